The predicted molar refractivity (Wildman–Crippen MR) is 82.1 cm³/mol. The summed E-state index contributed by atoms with van der Waals surface area (Å²) in [7, 11) is 0. The fraction of sp³-hybridized carbons (Fsp3) is 0.533. The number of non-ortho nitro benzene ring substituents is 1. The first-order valence-corrected chi connectivity index (χ1v) is 7.23. The molecule has 0 aliphatic rings. The van der Waals surface area contributed by atoms with Crippen LogP contribution in [-0.2, 0) is 9.47 Å². The van der Waals surface area contributed by atoms with Crippen molar-refractivity contribution in [3.63, 3.8) is 0 Å². The summed E-state index contributed by atoms with van der Waals surface area (Å²) in [5.74, 6) is 0.183. The number of hydrogen-bond donors (Lipinski definition) is 0. The molecule has 0 radical (unpaired) electrons. The van der Waals surface area contributed by atoms with Crippen molar-refractivity contribution in [1.82, 2.24) is 0 Å². The highest BCUT2D eigenvalue weighted by Gasteiger charge is 2.11. The summed E-state index contributed by atoms with van der Waals surface area (Å²) in [6.45, 7) is 8.46. The highest BCUT2D eigenvalue weighted by atomic mass is 16.7. The number of rotatable bonds is 7. The Hall–Kier alpha value is -2.15. The van der Waals surface area contributed by atoms with Crippen LogP contribution < -0.4 is 4.74 Å². The first kappa shape index (κ1) is 19.9. The van der Waals surface area contributed by atoms with E-state index in [-0.39, 0.29) is 24.1 Å². The Labute approximate surface area is 130 Å². The van der Waals surface area contributed by atoms with Crippen molar-refractivity contribution in [3.8, 4) is 5.75 Å². The Kier molecular flexibility index (Phi) is 10.4. The minimum absolute atomic E-state index is 0.0766. The molecule has 0 N–H and O–H groups in total. The molecular formula is C15H23NO6. The maximum Gasteiger partial charge on any atom is 0.513 e. The van der Waals surface area contributed by atoms with E-state index in [1.807, 2.05) is 20.8 Å². The standard InChI is InChI=1S/C13H17NO6.C2H6/c1-3-8-18-10(2)9-19-13(15)20-12-6-4-11(5-7-12)14(16)17;1-2/h4-7,10H,3,8-9H2,1-2H3;1-2H3. The van der Waals surface area contributed by atoms with Gasteiger partial charge in [-0.05, 0) is 25.5 Å². The van der Waals surface area contributed by atoms with Crippen LogP contribution in [0.25, 0.3) is 0 Å². The molecule has 0 saturated heterocycles. The third-order valence-corrected chi connectivity index (χ3v) is 2.29. The van der Waals surface area contributed by atoms with Crippen molar-refractivity contribution >= 4 is 11.8 Å². The van der Waals surface area contributed by atoms with Crippen molar-refractivity contribution in [2.75, 3.05) is 13.2 Å². The highest BCUT2D eigenvalue weighted by Crippen LogP contribution is 2.17. The molecule has 124 valence electrons. The molecule has 0 amide bonds. The number of nitrogens with zero attached hydrogens (tertiary/aromatic N) is 1. The molecule has 1 atom stereocenters. The molecule has 0 aliphatic heterocycles. The van der Waals surface area contributed by atoms with Crippen LogP contribution in [0.1, 0.15) is 34.1 Å². The van der Waals surface area contributed by atoms with Crippen LogP contribution in [0, 0.1) is 10.1 Å². The molecule has 0 fully saturated rings. The number of benzene rings is 1. The Balaban J connectivity index is 0.00000211. The van der Waals surface area contributed by atoms with Crippen molar-refractivity contribution in [3.05, 3.63) is 34.4 Å². The molecule has 1 aromatic carbocycles. The number of hydrogen-bond acceptors (Lipinski definition) is 6. The molecule has 0 heterocycles. The van der Waals surface area contributed by atoms with Crippen molar-refractivity contribution in [2.24, 2.45) is 0 Å². The molecular weight excluding hydrogens is 290 g/mol. The van der Waals surface area contributed by atoms with E-state index in [1.165, 1.54) is 24.3 Å². The molecule has 1 aromatic rings. The zero-order valence-corrected chi connectivity index (χ0v) is 13.4. The van der Waals surface area contributed by atoms with E-state index in [1.54, 1.807) is 6.92 Å². The number of nitro benzene ring substituents is 1. The van der Waals surface area contributed by atoms with E-state index in [2.05, 4.69) is 0 Å². The molecule has 7 heteroatoms. The lowest BCUT2D eigenvalue weighted by atomic mass is 10.3. The van der Waals surface area contributed by atoms with E-state index < -0.39 is 11.1 Å². The fourth-order valence-corrected chi connectivity index (χ4v) is 1.31. The normalized spacial score (nSPS) is 10.9. The molecule has 22 heavy (non-hydrogen) atoms. The quantitative estimate of drug-likeness (QED) is 0.328. The first-order valence-electron chi connectivity index (χ1n) is 7.23. The van der Waals surface area contributed by atoms with E-state index >= 15 is 0 Å². The highest BCUT2D eigenvalue weighted by molar-refractivity contribution is 5.64. The third-order valence-electron chi connectivity index (χ3n) is 2.29. The summed E-state index contributed by atoms with van der Waals surface area (Å²) in [6.07, 6.45) is -0.192. The van der Waals surface area contributed by atoms with Gasteiger partial charge < -0.3 is 14.2 Å². The zero-order chi connectivity index (χ0) is 17.0. The molecule has 0 aliphatic carbocycles. The van der Waals surface area contributed by atoms with Gasteiger partial charge in [-0.15, -0.1) is 0 Å². The Bertz CT molecular complexity index is 446. The Morgan fingerprint density at radius 3 is 2.36 bits per heavy atom. The topological polar surface area (TPSA) is 87.9 Å². The second-order valence-corrected chi connectivity index (χ2v) is 4.10. The van der Waals surface area contributed by atoms with Gasteiger partial charge in [0.1, 0.15) is 12.4 Å². The van der Waals surface area contributed by atoms with Gasteiger partial charge in [0.15, 0.2) is 0 Å². The van der Waals surface area contributed by atoms with Gasteiger partial charge in [-0.25, -0.2) is 4.79 Å². The SMILES string of the molecule is CC.CCCOC(C)COC(=O)Oc1ccc([N+](=O)[O-])cc1. The molecule has 0 bridgehead atoms. The molecule has 0 spiro atoms. The number of nitro groups is 1. The van der Waals surface area contributed by atoms with Crippen molar-refractivity contribution in [2.45, 2.75) is 40.2 Å². The summed E-state index contributed by atoms with van der Waals surface area (Å²) in [6, 6.07) is 5.15. The maximum atomic E-state index is 11.4. The van der Waals surface area contributed by atoms with Crippen LogP contribution in [0.2, 0.25) is 0 Å². The number of carbonyl (C=O) groups excluding carboxylic acids is 1. The Morgan fingerprint density at radius 2 is 1.86 bits per heavy atom. The summed E-state index contributed by atoms with van der Waals surface area (Å²) < 4.78 is 15.1. The van der Waals surface area contributed by atoms with Crippen LogP contribution in [-0.4, -0.2) is 30.4 Å². The van der Waals surface area contributed by atoms with Gasteiger partial charge in [0.05, 0.1) is 11.0 Å². The molecule has 0 aromatic heterocycles. The monoisotopic (exact) mass is 313 g/mol. The van der Waals surface area contributed by atoms with Crippen LogP contribution in [0.15, 0.2) is 24.3 Å². The molecule has 7 nitrogen and oxygen atoms in total. The lowest BCUT2D eigenvalue weighted by Crippen LogP contribution is -2.21. The van der Waals surface area contributed by atoms with Crippen LogP contribution in [0.3, 0.4) is 0 Å². The second kappa shape index (κ2) is 11.5. The Morgan fingerprint density at radius 1 is 1.27 bits per heavy atom. The zero-order valence-electron chi connectivity index (χ0n) is 13.4. The van der Waals surface area contributed by atoms with Gasteiger partial charge in [-0.1, -0.05) is 20.8 Å². The van der Waals surface area contributed by atoms with Gasteiger partial charge in [0.2, 0.25) is 0 Å². The average Bonchev–Trinajstić information content (AvgIpc) is 2.53. The van der Waals surface area contributed by atoms with Crippen LogP contribution >= 0.6 is 0 Å². The summed E-state index contributed by atoms with van der Waals surface area (Å²) in [5, 5.41) is 10.5. The predicted octanol–water partition coefficient (Wildman–Crippen LogP) is 3.95. The van der Waals surface area contributed by atoms with Gasteiger partial charge in [0.25, 0.3) is 5.69 Å². The summed E-state index contributed by atoms with van der Waals surface area (Å²) in [5.41, 5.74) is -0.0766. The average molecular weight is 313 g/mol. The van der Waals surface area contributed by atoms with Crippen molar-refractivity contribution < 1.29 is 23.9 Å². The smallest absolute Gasteiger partial charge is 0.431 e. The molecule has 1 rings (SSSR count). The van der Waals surface area contributed by atoms with E-state index in [4.69, 9.17) is 14.2 Å². The number of ether oxygens (including phenoxy) is 3. The lowest BCUT2D eigenvalue weighted by molar-refractivity contribution is -0.384. The third kappa shape index (κ3) is 8.21. The minimum atomic E-state index is -0.870. The van der Waals surface area contributed by atoms with Gasteiger partial charge in [0, 0.05) is 18.7 Å². The maximum absolute atomic E-state index is 11.4. The van der Waals surface area contributed by atoms with Gasteiger partial charge >= 0.3 is 6.16 Å². The first-order chi connectivity index (χ1) is 10.5. The summed E-state index contributed by atoms with van der Waals surface area (Å²) in [4.78, 5) is 21.3. The molecule has 1 unspecified atom stereocenters. The second-order valence-electron chi connectivity index (χ2n) is 4.10. The lowest BCUT2D eigenvalue weighted by Gasteiger charge is -2.12. The fourth-order valence-electron chi connectivity index (χ4n) is 1.31. The largest absolute Gasteiger partial charge is 0.513 e. The van der Waals surface area contributed by atoms with Crippen LogP contribution in [0.4, 0.5) is 10.5 Å². The van der Waals surface area contributed by atoms with Crippen molar-refractivity contribution in [1.29, 1.82) is 0 Å². The molecule has 0 saturated carbocycles. The van der Waals surface area contributed by atoms with E-state index in [9.17, 15) is 14.9 Å². The van der Waals surface area contributed by atoms with Crippen LogP contribution in [0.5, 0.6) is 5.75 Å². The van der Waals surface area contributed by atoms with E-state index in [0.717, 1.165) is 6.42 Å². The number of carbonyl (C=O) groups is 1. The van der Waals surface area contributed by atoms with E-state index in [0.29, 0.717) is 6.61 Å². The van der Waals surface area contributed by atoms with Gasteiger partial charge in [-0.2, -0.15) is 0 Å². The van der Waals surface area contributed by atoms with Gasteiger partial charge in [-0.3, -0.25) is 10.1 Å². The minimum Gasteiger partial charge on any atom is -0.431 e. The summed E-state index contributed by atoms with van der Waals surface area (Å²) >= 11 is 0.